The van der Waals surface area contributed by atoms with Crippen LogP contribution in [-0.2, 0) is 22.4 Å². The van der Waals surface area contributed by atoms with E-state index in [2.05, 4.69) is 15.4 Å². The number of carbonyl (C=O) groups is 1. The van der Waals surface area contributed by atoms with Crippen molar-refractivity contribution < 1.29 is 32.3 Å². The van der Waals surface area contributed by atoms with Crippen LogP contribution in [0, 0.1) is 0 Å². The van der Waals surface area contributed by atoms with Crippen LogP contribution in [-0.4, -0.2) is 26.5 Å². The molecule has 0 atom stereocenters. The van der Waals surface area contributed by atoms with E-state index in [0.717, 1.165) is 5.52 Å². The van der Waals surface area contributed by atoms with Gasteiger partial charge in [-0.2, -0.15) is 0 Å². The number of aromatic nitrogens is 3. The van der Waals surface area contributed by atoms with E-state index in [-0.39, 0.29) is 27.9 Å². The van der Waals surface area contributed by atoms with Crippen molar-refractivity contribution >= 4 is 17.0 Å². The summed E-state index contributed by atoms with van der Waals surface area (Å²) >= 11 is 0. The van der Waals surface area contributed by atoms with Crippen molar-refractivity contribution in [2.75, 3.05) is 0 Å². The average molecular weight is 271 g/mol. The molecule has 2 N–H and O–H groups in total. The van der Waals surface area contributed by atoms with Crippen LogP contribution in [0.15, 0.2) is 18.2 Å². The summed E-state index contributed by atoms with van der Waals surface area (Å²) in [5.74, 6) is -0.958. The number of carboxylic acid groups (broad SMARTS) is 1. The number of benzene rings is 1. The van der Waals surface area contributed by atoms with Crippen LogP contribution in [0.3, 0.4) is 0 Å². The van der Waals surface area contributed by atoms with Gasteiger partial charge in [0.1, 0.15) is 5.52 Å². The first-order chi connectivity index (χ1) is 5.77. The van der Waals surface area contributed by atoms with Crippen LogP contribution in [0.25, 0.3) is 11.0 Å². The molecule has 0 unspecified atom stereocenters. The number of nitrogens with zero attached hydrogens (tertiary/aromatic N) is 2. The molecule has 2 aromatic rings. The van der Waals surface area contributed by atoms with Crippen molar-refractivity contribution in [1.82, 2.24) is 15.4 Å². The van der Waals surface area contributed by atoms with E-state index in [4.69, 9.17) is 5.11 Å². The average Bonchev–Trinajstić information content (AvgIpc) is 2.49. The standard InChI is InChI=1S/C7H5N3O2.Ag/c11-7(12)4-1-2-5-6(3-4)9-10-8-5;/h1-3H,(H,11,12)(H,8,9,10);. The van der Waals surface area contributed by atoms with Crippen molar-refractivity contribution in [2.45, 2.75) is 0 Å². The Morgan fingerprint density at radius 3 is 2.92 bits per heavy atom. The smallest absolute Gasteiger partial charge is 0.335 e. The van der Waals surface area contributed by atoms with Crippen LogP contribution >= 0.6 is 0 Å². The Morgan fingerprint density at radius 1 is 1.46 bits per heavy atom. The van der Waals surface area contributed by atoms with Crippen molar-refractivity contribution in [3.05, 3.63) is 23.8 Å². The summed E-state index contributed by atoms with van der Waals surface area (Å²) in [6.45, 7) is 0. The monoisotopic (exact) mass is 270 g/mol. The van der Waals surface area contributed by atoms with E-state index in [0.29, 0.717) is 5.52 Å². The SMILES string of the molecule is O=C(O)c1ccc2[nH]nnc2c1.[Ag]. The molecule has 0 aliphatic rings. The van der Waals surface area contributed by atoms with Gasteiger partial charge in [-0.3, -0.25) is 5.10 Å². The van der Waals surface area contributed by atoms with E-state index in [9.17, 15) is 4.79 Å². The second-order valence-corrected chi connectivity index (χ2v) is 2.35. The van der Waals surface area contributed by atoms with E-state index in [1.807, 2.05) is 0 Å². The van der Waals surface area contributed by atoms with Gasteiger partial charge in [-0.05, 0) is 18.2 Å². The Morgan fingerprint density at radius 2 is 2.23 bits per heavy atom. The van der Waals surface area contributed by atoms with E-state index >= 15 is 0 Å². The fourth-order valence-electron chi connectivity index (χ4n) is 0.975. The molecule has 0 fully saturated rings. The molecule has 0 amide bonds. The third-order valence-electron chi connectivity index (χ3n) is 1.57. The molecule has 1 aromatic heterocycles. The maximum absolute atomic E-state index is 10.5. The Kier molecular flexibility index (Phi) is 2.82. The molecule has 1 aromatic carbocycles. The summed E-state index contributed by atoms with van der Waals surface area (Å²) in [5, 5.41) is 18.5. The maximum atomic E-state index is 10.5. The van der Waals surface area contributed by atoms with Crippen molar-refractivity contribution in [3.8, 4) is 0 Å². The molecule has 1 radical (unpaired) electrons. The number of fused-ring (bicyclic) bond motifs is 1. The second kappa shape index (κ2) is 3.69. The minimum absolute atomic E-state index is 0. The minimum Gasteiger partial charge on any atom is -0.478 e. The minimum atomic E-state index is -0.958. The summed E-state index contributed by atoms with van der Waals surface area (Å²) in [7, 11) is 0. The number of aromatic amines is 1. The Labute approximate surface area is 88.7 Å². The maximum Gasteiger partial charge on any atom is 0.335 e. The first kappa shape index (κ1) is 9.91. The van der Waals surface area contributed by atoms with Gasteiger partial charge < -0.3 is 5.11 Å². The molecule has 0 aliphatic carbocycles. The van der Waals surface area contributed by atoms with Gasteiger partial charge in [-0.1, -0.05) is 5.21 Å². The van der Waals surface area contributed by atoms with Gasteiger partial charge >= 0.3 is 5.97 Å². The quantitative estimate of drug-likeness (QED) is 0.746. The number of aromatic carboxylic acids is 1. The van der Waals surface area contributed by atoms with Crippen LogP contribution in [0.5, 0.6) is 0 Å². The van der Waals surface area contributed by atoms with E-state index < -0.39 is 5.97 Å². The normalized spacial score (nSPS) is 9.54. The molecule has 6 heteroatoms. The molecule has 0 spiro atoms. The molecule has 13 heavy (non-hydrogen) atoms. The Balaban J connectivity index is 0.000000845. The molecule has 0 aliphatic heterocycles. The van der Waals surface area contributed by atoms with Crippen LogP contribution in [0.2, 0.25) is 0 Å². The fourth-order valence-corrected chi connectivity index (χ4v) is 0.975. The third-order valence-corrected chi connectivity index (χ3v) is 1.57. The number of carboxylic acids is 1. The molecule has 0 saturated carbocycles. The molecule has 0 saturated heterocycles. The molecular formula is C7H5AgN3O2. The summed E-state index contributed by atoms with van der Waals surface area (Å²) in [6, 6.07) is 4.62. The van der Waals surface area contributed by atoms with E-state index in [1.54, 1.807) is 6.07 Å². The van der Waals surface area contributed by atoms with Crippen molar-refractivity contribution in [2.24, 2.45) is 0 Å². The van der Waals surface area contributed by atoms with Gasteiger partial charge in [0.25, 0.3) is 0 Å². The van der Waals surface area contributed by atoms with Gasteiger partial charge in [-0.15, -0.1) is 5.10 Å². The summed E-state index contributed by atoms with van der Waals surface area (Å²) in [6.07, 6.45) is 0. The Bertz CT molecular complexity index is 440. The number of hydrogen-bond acceptors (Lipinski definition) is 3. The molecule has 5 nitrogen and oxygen atoms in total. The van der Waals surface area contributed by atoms with Crippen LogP contribution in [0.1, 0.15) is 10.4 Å². The summed E-state index contributed by atoms with van der Waals surface area (Å²) in [5.41, 5.74) is 1.52. The zero-order valence-corrected chi connectivity index (χ0v) is 7.77. The summed E-state index contributed by atoms with van der Waals surface area (Å²) in [4.78, 5) is 10.5. The zero-order chi connectivity index (χ0) is 8.55. The van der Waals surface area contributed by atoms with E-state index in [1.165, 1.54) is 12.1 Å². The van der Waals surface area contributed by atoms with Gasteiger partial charge in [0, 0.05) is 22.4 Å². The predicted octanol–water partition coefficient (Wildman–Crippen LogP) is 0.654. The molecular weight excluding hydrogens is 266 g/mol. The zero-order valence-electron chi connectivity index (χ0n) is 6.28. The van der Waals surface area contributed by atoms with Crippen molar-refractivity contribution in [3.63, 3.8) is 0 Å². The van der Waals surface area contributed by atoms with Gasteiger partial charge in [0.05, 0.1) is 11.1 Å². The number of nitrogens with one attached hydrogen (secondary N) is 1. The van der Waals surface area contributed by atoms with Gasteiger partial charge in [-0.25, -0.2) is 4.79 Å². The second-order valence-electron chi connectivity index (χ2n) is 2.35. The van der Waals surface area contributed by atoms with Crippen LogP contribution in [0.4, 0.5) is 0 Å². The van der Waals surface area contributed by atoms with Crippen LogP contribution < -0.4 is 0 Å². The molecule has 0 bridgehead atoms. The molecule has 1 heterocycles. The largest absolute Gasteiger partial charge is 0.478 e. The molecule has 71 valence electrons. The number of H-pyrrole nitrogens is 1. The fraction of sp³-hybridized carbons (Fsp3) is 0. The summed E-state index contributed by atoms with van der Waals surface area (Å²) < 4.78 is 0. The Hall–Kier alpha value is -1.17. The first-order valence-electron chi connectivity index (χ1n) is 3.31. The van der Waals surface area contributed by atoms with Gasteiger partial charge in [0.15, 0.2) is 0 Å². The number of hydrogen-bond donors (Lipinski definition) is 2. The van der Waals surface area contributed by atoms with Gasteiger partial charge in [0.2, 0.25) is 0 Å². The predicted molar refractivity (Wildman–Crippen MR) is 40.8 cm³/mol. The molecule has 2 rings (SSSR count). The first-order valence-corrected chi connectivity index (χ1v) is 3.31. The topological polar surface area (TPSA) is 78.9 Å². The number of rotatable bonds is 1. The third kappa shape index (κ3) is 1.77. The van der Waals surface area contributed by atoms with Crippen molar-refractivity contribution in [1.29, 1.82) is 0 Å².